The predicted molar refractivity (Wildman–Crippen MR) is 77.7 cm³/mol. The van der Waals surface area contributed by atoms with Crippen LogP contribution < -0.4 is 5.32 Å². The van der Waals surface area contributed by atoms with E-state index in [2.05, 4.69) is 5.32 Å². The van der Waals surface area contributed by atoms with Gasteiger partial charge in [0.2, 0.25) is 0 Å². The lowest BCUT2D eigenvalue weighted by Crippen LogP contribution is -2.20. The monoisotopic (exact) mass is 293 g/mol. The lowest BCUT2D eigenvalue weighted by molar-refractivity contribution is 0.474. The molecule has 0 amide bonds. The minimum absolute atomic E-state index is 0.134. The molecule has 2 aromatic carbocycles. The first kappa shape index (κ1) is 15.6. The largest absolute Gasteiger partial charge is 0.313 e. The predicted octanol–water partition coefficient (Wildman–Crippen LogP) is 4.22. The summed E-state index contributed by atoms with van der Waals surface area (Å²) in [5.41, 5.74) is 3.48. The van der Waals surface area contributed by atoms with Gasteiger partial charge in [-0.05, 0) is 50.1 Å². The van der Waals surface area contributed by atoms with Crippen molar-refractivity contribution in [2.75, 3.05) is 7.05 Å². The Labute approximate surface area is 122 Å². The second-order valence-electron chi connectivity index (χ2n) is 5.25. The van der Waals surface area contributed by atoms with Crippen molar-refractivity contribution in [2.45, 2.75) is 26.3 Å². The molecule has 0 bridgehead atoms. The van der Waals surface area contributed by atoms with E-state index in [-0.39, 0.29) is 5.56 Å². The SMILES string of the molecule is CNC(Cc1ccc(C)c(C)c1)c1cc(F)c(F)cc1F. The summed E-state index contributed by atoms with van der Waals surface area (Å²) in [7, 11) is 1.67. The fraction of sp³-hybridized carbons (Fsp3) is 0.294. The van der Waals surface area contributed by atoms with Crippen molar-refractivity contribution in [3.8, 4) is 0 Å². The molecule has 1 nitrogen and oxygen atoms in total. The number of halogens is 3. The van der Waals surface area contributed by atoms with Gasteiger partial charge in [-0.2, -0.15) is 0 Å². The summed E-state index contributed by atoms with van der Waals surface area (Å²) in [6.07, 6.45) is 0.500. The van der Waals surface area contributed by atoms with Crippen LogP contribution in [-0.2, 0) is 6.42 Å². The first-order chi connectivity index (χ1) is 9.92. The lowest BCUT2D eigenvalue weighted by Gasteiger charge is -2.18. The molecule has 1 N–H and O–H groups in total. The minimum Gasteiger partial charge on any atom is -0.313 e. The van der Waals surface area contributed by atoms with Gasteiger partial charge < -0.3 is 5.32 Å². The molecule has 0 aliphatic heterocycles. The fourth-order valence-electron chi connectivity index (χ4n) is 2.34. The lowest BCUT2D eigenvalue weighted by atomic mass is 9.96. The van der Waals surface area contributed by atoms with E-state index in [1.54, 1.807) is 7.05 Å². The minimum atomic E-state index is -1.17. The molecule has 112 valence electrons. The van der Waals surface area contributed by atoms with Gasteiger partial charge in [0, 0.05) is 17.7 Å². The molecule has 0 aromatic heterocycles. The van der Waals surface area contributed by atoms with E-state index in [4.69, 9.17) is 0 Å². The Hall–Kier alpha value is -1.81. The first-order valence-electron chi connectivity index (χ1n) is 6.80. The second kappa shape index (κ2) is 6.31. The van der Waals surface area contributed by atoms with Crippen molar-refractivity contribution < 1.29 is 13.2 Å². The van der Waals surface area contributed by atoms with Crippen molar-refractivity contribution in [2.24, 2.45) is 0 Å². The highest BCUT2D eigenvalue weighted by Gasteiger charge is 2.18. The van der Waals surface area contributed by atoms with Crippen molar-refractivity contribution in [3.63, 3.8) is 0 Å². The van der Waals surface area contributed by atoms with Crippen LogP contribution in [0, 0.1) is 31.3 Å². The van der Waals surface area contributed by atoms with Crippen LogP contribution in [0.4, 0.5) is 13.2 Å². The summed E-state index contributed by atoms with van der Waals surface area (Å²) in [6, 6.07) is 7.09. The molecule has 0 fully saturated rings. The van der Waals surface area contributed by atoms with E-state index in [1.807, 2.05) is 32.0 Å². The topological polar surface area (TPSA) is 12.0 Å². The van der Waals surface area contributed by atoms with Crippen LogP contribution in [0.2, 0.25) is 0 Å². The molecule has 1 unspecified atom stereocenters. The van der Waals surface area contributed by atoms with Crippen LogP contribution in [0.3, 0.4) is 0 Å². The molecular weight excluding hydrogens is 275 g/mol. The van der Waals surface area contributed by atoms with Crippen molar-refractivity contribution >= 4 is 0 Å². The Kier molecular flexibility index (Phi) is 4.68. The summed E-state index contributed by atoms with van der Waals surface area (Å²) in [5, 5.41) is 2.96. The number of hydrogen-bond donors (Lipinski definition) is 1. The molecule has 0 saturated carbocycles. The Morgan fingerprint density at radius 3 is 2.19 bits per heavy atom. The maximum atomic E-state index is 13.9. The zero-order chi connectivity index (χ0) is 15.6. The average Bonchev–Trinajstić information content (AvgIpc) is 2.44. The molecular formula is C17H18F3N. The number of nitrogens with one attached hydrogen (secondary N) is 1. The molecule has 0 aliphatic rings. The normalized spacial score (nSPS) is 12.5. The van der Waals surface area contributed by atoms with E-state index in [0.717, 1.165) is 17.2 Å². The van der Waals surface area contributed by atoms with Gasteiger partial charge in [0.1, 0.15) is 5.82 Å². The maximum Gasteiger partial charge on any atom is 0.161 e. The molecule has 0 aliphatic carbocycles. The van der Waals surface area contributed by atoms with E-state index in [1.165, 1.54) is 5.56 Å². The van der Waals surface area contributed by atoms with Gasteiger partial charge in [-0.25, -0.2) is 13.2 Å². The Balaban J connectivity index is 2.31. The van der Waals surface area contributed by atoms with Crippen LogP contribution in [-0.4, -0.2) is 7.05 Å². The molecule has 4 heteroatoms. The number of benzene rings is 2. The molecule has 2 aromatic rings. The molecule has 0 heterocycles. The highest BCUT2D eigenvalue weighted by atomic mass is 19.2. The van der Waals surface area contributed by atoms with Gasteiger partial charge in [-0.3, -0.25) is 0 Å². The van der Waals surface area contributed by atoms with E-state index in [9.17, 15) is 13.2 Å². The van der Waals surface area contributed by atoms with Gasteiger partial charge in [-0.1, -0.05) is 18.2 Å². The van der Waals surface area contributed by atoms with Crippen molar-refractivity contribution in [1.29, 1.82) is 0 Å². The Morgan fingerprint density at radius 1 is 0.905 bits per heavy atom. The number of aryl methyl sites for hydroxylation is 2. The third kappa shape index (κ3) is 3.45. The highest BCUT2D eigenvalue weighted by Crippen LogP contribution is 2.24. The Bertz CT molecular complexity index is 653. The summed E-state index contributed by atoms with van der Waals surface area (Å²) in [4.78, 5) is 0. The zero-order valence-corrected chi connectivity index (χ0v) is 12.3. The first-order valence-corrected chi connectivity index (χ1v) is 6.80. The zero-order valence-electron chi connectivity index (χ0n) is 12.3. The number of likely N-dealkylation sites (N-methyl/N-ethyl adjacent to an activating group) is 1. The van der Waals surface area contributed by atoms with Crippen molar-refractivity contribution in [1.82, 2.24) is 5.32 Å². The van der Waals surface area contributed by atoms with E-state index in [0.29, 0.717) is 12.5 Å². The third-order valence-electron chi connectivity index (χ3n) is 3.77. The van der Waals surface area contributed by atoms with E-state index < -0.39 is 23.5 Å². The third-order valence-corrected chi connectivity index (χ3v) is 3.77. The number of rotatable bonds is 4. The van der Waals surface area contributed by atoms with Crippen LogP contribution >= 0.6 is 0 Å². The summed E-state index contributed by atoms with van der Waals surface area (Å²) >= 11 is 0. The van der Waals surface area contributed by atoms with Gasteiger partial charge in [0.25, 0.3) is 0 Å². The van der Waals surface area contributed by atoms with Crippen LogP contribution in [0.15, 0.2) is 30.3 Å². The molecule has 21 heavy (non-hydrogen) atoms. The summed E-state index contributed by atoms with van der Waals surface area (Å²) in [6.45, 7) is 4.02. The van der Waals surface area contributed by atoms with Gasteiger partial charge >= 0.3 is 0 Å². The van der Waals surface area contributed by atoms with Crippen LogP contribution in [0.25, 0.3) is 0 Å². The Morgan fingerprint density at radius 2 is 1.57 bits per heavy atom. The van der Waals surface area contributed by atoms with Gasteiger partial charge in [0.05, 0.1) is 0 Å². The van der Waals surface area contributed by atoms with E-state index >= 15 is 0 Å². The smallest absolute Gasteiger partial charge is 0.161 e. The quantitative estimate of drug-likeness (QED) is 0.832. The molecule has 1 atom stereocenters. The molecule has 0 radical (unpaired) electrons. The standard InChI is InChI=1S/C17H18F3N/c1-10-4-5-12(6-11(10)2)7-17(21-3)13-8-15(19)16(20)9-14(13)18/h4-6,8-9,17,21H,7H2,1-3H3. The molecule has 2 rings (SSSR count). The summed E-state index contributed by atoms with van der Waals surface area (Å²) in [5.74, 6) is -2.94. The van der Waals surface area contributed by atoms with Crippen molar-refractivity contribution in [3.05, 3.63) is 70.0 Å². The molecule has 0 saturated heterocycles. The van der Waals surface area contributed by atoms with Crippen LogP contribution in [0.5, 0.6) is 0 Å². The van der Waals surface area contributed by atoms with Gasteiger partial charge in [-0.15, -0.1) is 0 Å². The average molecular weight is 293 g/mol. The highest BCUT2D eigenvalue weighted by molar-refractivity contribution is 5.32. The molecule has 0 spiro atoms. The summed E-state index contributed by atoms with van der Waals surface area (Å²) < 4.78 is 40.2. The second-order valence-corrected chi connectivity index (χ2v) is 5.25. The number of hydrogen-bond acceptors (Lipinski definition) is 1. The maximum absolute atomic E-state index is 13.9. The fourth-order valence-corrected chi connectivity index (χ4v) is 2.34. The van der Waals surface area contributed by atoms with Gasteiger partial charge in [0.15, 0.2) is 11.6 Å². The van der Waals surface area contributed by atoms with Crippen LogP contribution in [0.1, 0.15) is 28.3 Å².